The van der Waals surface area contributed by atoms with Gasteiger partial charge in [-0.1, -0.05) is 0 Å². The number of phenols is 1. The summed E-state index contributed by atoms with van der Waals surface area (Å²) < 4.78 is 0. The van der Waals surface area contributed by atoms with Gasteiger partial charge >= 0.3 is 0 Å². The van der Waals surface area contributed by atoms with Crippen molar-refractivity contribution in [2.45, 2.75) is 13.8 Å². The first kappa shape index (κ1) is 12.3. The molecule has 0 bridgehead atoms. The van der Waals surface area contributed by atoms with Gasteiger partial charge < -0.3 is 10.0 Å². The van der Waals surface area contributed by atoms with E-state index in [2.05, 4.69) is 0 Å². The van der Waals surface area contributed by atoms with Crippen LogP contribution in [0.2, 0.25) is 0 Å². The van der Waals surface area contributed by atoms with Crippen molar-refractivity contribution < 1.29 is 9.90 Å². The van der Waals surface area contributed by atoms with E-state index >= 15 is 0 Å². The molecule has 1 aromatic carbocycles. The first-order chi connectivity index (χ1) is 7.41. The van der Waals surface area contributed by atoms with Crippen molar-refractivity contribution in [3.63, 3.8) is 0 Å². The number of phenolic OH excluding ortho intramolecular Hbond substituents is 1. The molecule has 0 heterocycles. The number of nitrogens with zero attached hydrogens (tertiary/aromatic N) is 1. The lowest BCUT2D eigenvalue weighted by molar-refractivity contribution is -0.123. The predicted octanol–water partition coefficient (Wildman–Crippen LogP) is 2.11. The van der Waals surface area contributed by atoms with Gasteiger partial charge in [0.15, 0.2) is 0 Å². The molecule has 1 aromatic rings. The number of amides is 1. The van der Waals surface area contributed by atoms with Gasteiger partial charge in [0.2, 0.25) is 5.91 Å². The summed E-state index contributed by atoms with van der Waals surface area (Å²) in [5.41, 5.74) is 2.55. The van der Waals surface area contributed by atoms with Crippen LogP contribution in [0.15, 0.2) is 18.2 Å². The highest BCUT2D eigenvalue weighted by atomic mass is 16.3. The van der Waals surface area contributed by atoms with Crippen LogP contribution in [-0.4, -0.2) is 30.0 Å². The lowest BCUT2D eigenvalue weighted by Gasteiger charge is -2.06. The van der Waals surface area contributed by atoms with Crippen LogP contribution in [0.1, 0.15) is 16.7 Å². The Labute approximate surface area is 96.0 Å². The van der Waals surface area contributed by atoms with Crippen LogP contribution in [0.3, 0.4) is 0 Å². The monoisotopic (exact) mass is 219 g/mol. The zero-order valence-corrected chi connectivity index (χ0v) is 10.1. The second-order valence-electron chi connectivity index (χ2n) is 4.07. The summed E-state index contributed by atoms with van der Waals surface area (Å²) in [7, 11) is 3.42. The van der Waals surface area contributed by atoms with Crippen molar-refractivity contribution in [2.24, 2.45) is 0 Å². The number of likely N-dealkylation sites (N-methyl/N-ethyl adjacent to an activating group) is 1. The summed E-state index contributed by atoms with van der Waals surface area (Å²) in [6.07, 6.45) is 3.27. The van der Waals surface area contributed by atoms with Gasteiger partial charge in [-0.2, -0.15) is 0 Å². The van der Waals surface area contributed by atoms with Crippen LogP contribution in [-0.2, 0) is 4.79 Å². The number of aryl methyl sites for hydroxylation is 2. The van der Waals surface area contributed by atoms with Crippen molar-refractivity contribution in [3.05, 3.63) is 34.9 Å². The van der Waals surface area contributed by atoms with E-state index in [1.54, 1.807) is 20.2 Å². The number of carbonyl (C=O) groups excluding carboxylic acids is 1. The van der Waals surface area contributed by atoms with Crippen LogP contribution in [0, 0.1) is 13.8 Å². The third-order valence-electron chi connectivity index (χ3n) is 2.37. The molecule has 0 atom stereocenters. The van der Waals surface area contributed by atoms with E-state index in [1.165, 1.54) is 11.0 Å². The second-order valence-corrected chi connectivity index (χ2v) is 4.07. The Morgan fingerprint density at radius 3 is 2.19 bits per heavy atom. The topological polar surface area (TPSA) is 40.5 Å². The van der Waals surface area contributed by atoms with E-state index in [1.807, 2.05) is 26.0 Å². The molecule has 16 heavy (non-hydrogen) atoms. The lowest BCUT2D eigenvalue weighted by Crippen LogP contribution is -2.18. The van der Waals surface area contributed by atoms with Gasteiger partial charge in [-0.15, -0.1) is 0 Å². The van der Waals surface area contributed by atoms with Gasteiger partial charge in [-0.05, 0) is 48.7 Å². The van der Waals surface area contributed by atoms with Gasteiger partial charge in [0.1, 0.15) is 5.75 Å². The molecule has 0 saturated carbocycles. The molecular formula is C13H17NO2. The fourth-order valence-corrected chi connectivity index (χ4v) is 1.40. The van der Waals surface area contributed by atoms with Crippen LogP contribution >= 0.6 is 0 Å². The third-order valence-corrected chi connectivity index (χ3v) is 2.37. The molecule has 0 unspecified atom stereocenters. The molecule has 86 valence electrons. The molecule has 0 aromatic heterocycles. The van der Waals surface area contributed by atoms with Gasteiger partial charge in [0, 0.05) is 20.2 Å². The number of rotatable bonds is 2. The largest absolute Gasteiger partial charge is 0.507 e. The Bertz CT molecular complexity index is 411. The first-order valence-electron chi connectivity index (χ1n) is 5.11. The van der Waals surface area contributed by atoms with Crippen LogP contribution < -0.4 is 0 Å². The van der Waals surface area contributed by atoms with E-state index in [0.29, 0.717) is 5.75 Å². The minimum atomic E-state index is -0.0524. The van der Waals surface area contributed by atoms with Crippen molar-refractivity contribution in [1.82, 2.24) is 4.90 Å². The Hall–Kier alpha value is -1.77. The standard InChI is InChI=1S/C13H17NO2/c1-9-7-11(8-10(2)13(9)16)5-6-12(15)14(3)4/h5-8,16H,1-4H3. The highest BCUT2D eigenvalue weighted by Gasteiger charge is 2.02. The molecule has 3 heteroatoms. The average molecular weight is 219 g/mol. The van der Waals surface area contributed by atoms with Crippen LogP contribution in [0.5, 0.6) is 5.75 Å². The summed E-state index contributed by atoms with van der Waals surface area (Å²) in [5, 5.41) is 9.60. The van der Waals surface area contributed by atoms with E-state index < -0.39 is 0 Å². The van der Waals surface area contributed by atoms with Crippen molar-refractivity contribution in [1.29, 1.82) is 0 Å². The molecule has 0 fully saturated rings. The smallest absolute Gasteiger partial charge is 0.246 e. The van der Waals surface area contributed by atoms with Gasteiger partial charge in [-0.3, -0.25) is 4.79 Å². The minimum Gasteiger partial charge on any atom is -0.507 e. The summed E-state index contributed by atoms with van der Waals surface area (Å²) in [5.74, 6) is 0.263. The Morgan fingerprint density at radius 1 is 1.25 bits per heavy atom. The average Bonchev–Trinajstić information content (AvgIpc) is 2.22. The molecule has 3 nitrogen and oxygen atoms in total. The number of benzene rings is 1. The third kappa shape index (κ3) is 2.86. The minimum absolute atomic E-state index is 0.0524. The molecule has 0 spiro atoms. The summed E-state index contributed by atoms with van der Waals surface area (Å²) in [6, 6.07) is 3.70. The predicted molar refractivity (Wildman–Crippen MR) is 65.3 cm³/mol. The number of carbonyl (C=O) groups is 1. The Morgan fingerprint density at radius 2 is 1.75 bits per heavy atom. The lowest BCUT2D eigenvalue weighted by atomic mass is 10.1. The maximum Gasteiger partial charge on any atom is 0.246 e. The molecule has 0 saturated heterocycles. The maximum atomic E-state index is 11.3. The van der Waals surface area contributed by atoms with Gasteiger partial charge in [0.05, 0.1) is 0 Å². The fourth-order valence-electron chi connectivity index (χ4n) is 1.40. The Kier molecular flexibility index (Phi) is 3.72. The summed E-state index contributed by atoms with van der Waals surface area (Å²) in [4.78, 5) is 12.9. The number of hydrogen-bond acceptors (Lipinski definition) is 2. The molecule has 0 radical (unpaired) electrons. The molecular weight excluding hydrogens is 202 g/mol. The molecule has 0 aliphatic carbocycles. The molecule has 1 rings (SSSR count). The maximum absolute atomic E-state index is 11.3. The van der Waals surface area contributed by atoms with E-state index in [0.717, 1.165) is 16.7 Å². The fraction of sp³-hybridized carbons (Fsp3) is 0.308. The normalized spacial score (nSPS) is 10.8. The van der Waals surface area contributed by atoms with Gasteiger partial charge in [0.25, 0.3) is 0 Å². The summed E-state index contributed by atoms with van der Waals surface area (Å²) >= 11 is 0. The molecule has 0 aliphatic heterocycles. The zero-order valence-electron chi connectivity index (χ0n) is 10.1. The SMILES string of the molecule is Cc1cc(C=CC(=O)N(C)C)cc(C)c1O. The Balaban J connectivity index is 2.95. The second kappa shape index (κ2) is 4.84. The van der Waals surface area contributed by atoms with E-state index in [9.17, 15) is 9.90 Å². The van der Waals surface area contributed by atoms with Crippen molar-refractivity contribution in [2.75, 3.05) is 14.1 Å². The van der Waals surface area contributed by atoms with Crippen LogP contribution in [0.25, 0.3) is 6.08 Å². The highest BCUT2D eigenvalue weighted by Crippen LogP contribution is 2.23. The molecule has 0 aliphatic rings. The molecule has 1 amide bonds. The van der Waals surface area contributed by atoms with E-state index in [4.69, 9.17) is 0 Å². The van der Waals surface area contributed by atoms with E-state index in [-0.39, 0.29) is 5.91 Å². The van der Waals surface area contributed by atoms with Crippen molar-refractivity contribution >= 4 is 12.0 Å². The summed E-state index contributed by atoms with van der Waals surface area (Å²) in [6.45, 7) is 3.68. The molecule has 1 N–H and O–H groups in total. The quantitative estimate of drug-likeness (QED) is 0.774. The van der Waals surface area contributed by atoms with Crippen LogP contribution in [0.4, 0.5) is 0 Å². The number of aromatic hydroxyl groups is 1. The van der Waals surface area contributed by atoms with Gasteiger partial charge in [-0.25, -0.2) is 0 Å². The van der Waals surface area contributed by atoms with Crippen molar-refractivity contribution in [3.8, 4) is 5.75 Å². The first-order valence-corrected chi connectivity index (χ1v) is 5.11. The highest BCUT2D eigenvalue weighted by molar-refractivity contribution is 5.91. The number of hydrogen-bond donors (Lipinski definition) is 1. The zero-order chi connectivity index (χ0) is 12.3.